The van der Waals surface area contributed by atoms with Crippen LogP contribution in [0, 0.1) is 18.3 Å². The maximum atomic E-state index is 11.9. The molecule has 0 unspecified atom stereocenters. The minimum absolute atomic E-state index is 0.0241. The highest BCUT2D eigenvalue weighted by atomic mass is 32.1. The van der Waals surface area contributed by atoms with Gasteiger partial charge < -0.3 is 5.11 Å². The molecule has 2 aromatic heterocycles. The Balaban J connectivity index is 1.99. The van der Waals surface area contributed by atoms with Crippen LogP contribution in [-0.2, 0) is 7.05 Å². The van der Waals surface area contributed by atoms with Crippen LogP contribution in [0.3, 0.4) is 0 Å². The second-order valence-electron chi connectivity index (χ2n) is 5.23. The molecule has 7 nitrogen and oxygen atoms in total. The van der Waals surface area contributed by atoms with Crippen molar-refractivity contribution in [3.8, 4) is 22.5 Å². The lowest BCUT2D eigenvalue weighted by atomic mass is 10.1. The number of hydrogen-bond donors (Lipinski definition) is 1. The first-order valence-electron chi connectivity index (χ1n) is 7.28. The van der Waals surface area contributed by atoms with Crippen LogP contribution in [0.25, 0.3) is 10.6 Å². The Bertz CT molecular complexity index is 1060. The summed E-state index contributed by atoms with van der Waals surface area (Å²) in [5.74, 6) is -0.252. The van der Waals surface area contributed by atoms with Crippen LogP contribution in [0.4, 0.5) is 5.13 Å². The SMILES string of the molecule is Cc1c(/C=N/c2nnc(-c3ccccc3)s2)c(O)n(C)c(=O)c1C#N. The van der Waals surface area contributed by atoms with Gasteiger partial charge in [-0.2, -0.15) is 5.26 Å². The fraction of sp³-hybridized carbons (Fsp3) is 0.118. The molecule has 0 saturated carbocycles. The Hall–Kier alpha value is -3.31. The molecule has 124 valence electrons. The summed E-state index contributed by atoms with van der Waals surface area (Å²) in [4.78, 5) is 16.2. The smallest absolute Gasteiger partial charge is 0.271 e. The van der Waals surface area contributed by atoms with Crippen LogP contribution in [-0.4, -0.2) is 26.1 Å². The quantitative estimate of drug-likeness (QED) is 0.730. The molecule has 1 N–H and O–H groups in total. The third-order valence-corrected chi connectivity index (χ3v) is 4.59. The summed E-state index contributed by atoms with van der Waals surface area (Å²) in [5.41, 5.74) is 1.05. The normalized spacial score (nSPS) is 10.9. The average molecular weight is 351 g/mol. The van der Waals surface area contributed by atoms with Crippen molar-refractivity contribution in [2.75, 3.05) is 0 Å². The summed E-state index contributed by atoms with van der Waals surface area (Å²) in [6.07, 6.45) is 1.39. The molecule has 0 saturated heterocycles. The van der Waals surface area contributed by atoms with E-state index in [1.807, 2.05) is 36.4 Å². The first-order chi connectivity index (χ1) is 12.0. The van der Waals surface area contributed by atoms with Gasteiger partial charge in [-0.1, -0.05) is 41.7 Å². The van der Waals surface area contributed by atoms with Gasteiger partial charge in [-0.05, 0) is 12.5 Å². The number of benzene rings is 1. The van der Waals surface area contributed by atoms with E-state index in [4.69, 9.17) is 5.26 Å². The van der Waals surface area contributed by atoms with Crippen molar-refractivity contribution < 1.29 is 5.11 Å². The summed E-state index contributed by atoms with van der Waals surface area (Å²) in [5, 5.41) is 28.5. The summed E-state index contributed by atoms with van der Waals surface area (Å²) in [6, 6.07) is 11.5. The van der Waals surface area contributed by atoms with Gasteiger partial charge in [-0.15, -0.1) is 10.2 Å². The minimum atomic E-state index is -0.545. The lowest BCUT2D eigenvalue weighted by Crippen LogP contribution is -2.22. The summed E-state index contributed by atoms with van der Waals surface area (Å²) < 4.78 is 1.02. The van der Waals surface area contributed by atoms with E-state index in [0.717, 1.165) is 15.1 Å². The van der Waals surface area contributed by atoms with Crippen molar-refractivity contribution in [1.82, 2.24) is 14.8 Å². The predicted octanol–water partition coefficient (Wildman–Crippen LogP) is 2.54. The molecule has 0 aliphatic carbocycles. The Morgan fingerprint density at radius 1 is 1.32 bits per heavy atom. The molecule has 0 spiro atoms. The van der Waals surface area contributed by atoms with Crippen LogP contribution in [0.2, 0.25) is 0 Å². The third kappa shape index (κ3) is 3.05. The van der Waals surface area contributed by atoms with Gasteiger partial charge in [0.2, 0.25) is 11.0 Å². The Labute approximate surface area is 147 Å². The highest BCUT2D eigenvalue weighted by molar-refractivity contribution is 7.18. The van der Waals surface area contributed by atoms with E-state index in [9.17, 15) is 9.90 Å². The molecule has 0 bridgehead atoms. The summed E-state index contributed by atoms with van der Waals surface area (Å²) >= 11 is 1.30. The number of aromatic hydroxyl groups is 1. The third-order valence-electron chi connectivity index (χ3n) is 3.71. The van der Waals surface area contributed by atoms with Crippen LogP contribution >= 0.6 is 11.3 Å². The Morgan fingerprint density at radius 2 is 2.04 bits per heavy atom. The van der Waals surface area contributed by atoms with Gasteiger partial charge in [-0.3, -0.25) is 9.36 Å². The highest BCUT2D eigenvalue weighted by Crippen LogP contribution is 2.28. The van der Waals surface area contributed by atoms with Crippen LogP contribution in [0.1, 0.15) is 16.7 Å². The number of hydrogen-bond acceptors (Lipinski definition) is 7. The monoisotopic (exact) mass is 351 g/mol. The largest absolute Gasteiger partial charge is 0.494 e. The second-order valence-corrected chi connectivity index (χ2v) is 6.18. The van der Waals surface area contributed by atoms with Crippen LogP contribution in [0.15, 0.2) is 40.1 Å². The van der Waals surface area contributed by atoms with E-state index >= 15 is 0 Å². The maximum Gasteiger partial charge on any atom is 0.271 e. The number of rotatable bonds is 3. The molecule has 0 atom stereocenters. The molecule has 8 heteroatoms. The number of pyridine rings is 1. The molecule has 2 heterocycles. The zero-order valence-corrected chi connectivity index (χ0v) is 14.3. The zero-order chi connectivity index (χ0) is 18.0. The van der Waals surface area contributed by atoms with E-state index < -0.39 is 5.56 Å². The summed E-state index contributed by atoms with van der Waals surface area (Å²) in [7, 11) is 1.40. The van der Waals surface area contributed by atoms with E-state index in [0.29, 0.717) is 16.3 Å². The molecule has 0 amide bonds. The van der Waals surface area contributed by atoms with E-state index in [2.05, 4.69) is 15.2 Å². The van der Waals surface area contributed by atoms with Crippen molar-refractivity contribution in [2.45, 2.75) is 6.92 Å². The van der Waals surface area contributed by atoms with Gasteiger partial charge in [0.05, 0.1) is 5.56 Å². The topological polar surface area (TPSA) is 104 Å². The van der Waals surface area contributed by atoms with Gasteiger partial charge in [0.1, 0.15) is 16.6 Å². The van der Waals surface area contributed by atoms with Gasteiger partial charge in [0.25, 0.3) is 5.56 Å². The number of aromatic nitrogens is 3. The van der Waals surface area contributed by atoms with Crippen LogP contribution in [0.5, 0.6) is 5.88 Å². The lowest BCUT2D eigenvalue weighted by Gasteiger charge is -2.09. The Kier molecular flexibility index (Phi) is 4.41. The molecule has 0 aliphatic heterocycles. The second kappa shape index (κ2) is 6.67. The first-order valence-corrected chi connectivity index (χ1v) is 8.10. The molecule has 3 rings (SSSR count). The van der Waals surface area contributed by atoms with Gasteiger partial charge in [0.15, 0.2) is 0 Å². The maximum absolute atomic E-state index is 11.9. The first kappa shape index (κ1) is 16.5. The fourth-order valence-corrected chi connectivity index (χ4v) is 2.97. The van der Waals surface area contributed by atoms with Crippen LogP contribution < -0.4 is 5.56 Å². The molecule has 1 aromatic carbocycles. The molecule has 0 fully saturated rings. The summed E-state index contributed by atoms with van der Waals surface area (Å²) in [6.45, 7) is 1.59. The van der Waals surface area contributed by atoms with Gasteiger partial charge >= 0.3 is 0 Å². The van der Waals surface area contributed by atoms with Crippen molar-refractivity contribution in [1.29, 1.82) is 5.26 Å². The van der Waals surface area contributed by atoms with Crippen molar-refractivity contribution in [3.05, 3.63) is 57.4 Å². The molecule has 0 aliphatic rings. The standard InChI is InChI=1S/C17H13N5O2S/c1-10-12(8-18)15(23)22(2)16(24)13(10)9-19-17-21-20-14(25-17)11-6-4-3-5-7-11/h3-7,9,24H,1-2H3/b19-9+. The Morgan fingerprint density at radius 3 is 2.72 bits per heavy atom. The number of aliphatic imine (C=N–C) groups is 1. The van der Waals surface area contributed by atoms with Gasteiger partial charge in [-0.25, -0.2) is 4.99 Å². The van der Waals surface area contributed by atoms with Crippen molar-refractivity contribution >= 4 is 22.7 Å². The molecule has 0 radical (unpaired) electrons. The van der Waals surface area contributed by atoms with E-state index in [-0.39, 0.29) is 11.4 Å². The zero-order valence-electron chi connectivity index (χ0n) is 13.5. The van der Waals surface area contributed by atoms with Crippen molar-refractivity contribution in [2.24, 2.45) is 12.0 Å². The number of nitriles is 1. The fourth-order valence-electron chi connectivity index (χ4n) is 2.28. The predicted molar refractivity (Wildman–Crippen MR) is 95.4 cm³/mol. The van der Waals surface area contributed by atoms with Gasteiger partial charge in [0, 0.05) is 18.8 Å². The number of nitrogens with zero attached hydrogens (tertiary/aromatic N) is 5. The molecule has 3 aromatic rings. The molecular weight excluding hydrogens is 338 g/mol. The molecular formula is C17H13N5O2S. The van der Waals surface area contributed by atoms with E-state index in [1.54, 1.807) is 6.92 Å². The highest BCUT2D eigenvalue weighted by Gasteiger charge is 2.16. The minimum Gasteiger partial charge on any atom is -0.494 e. The van der Waals surface area contributed by atoms with Crippen molar-refractivity contribution in [3.63, 3.8) is 0 Å². The van der Waals surface area contributed by atoms with E-state index in [1.165, 1.54) is 24.6 Å². The average Bonchev–Trinajstić information content (AvgIpc) is 3.10. The lowest BCUT2D eigenvalue weighted by molar-refractivity contribution is 0.421. The molecule has 25 heavy (non-hydrogen) atoms.